The van der Waals surface area contributed by atoms with Gasteiger partial charge in [0.05, 0.1) is 6.04 Å². The molecular weight excluding hydrogens is 134 g/mol. The summed E-state index contributed by atoms with van der Waals surface area (Å²) in [4.78, 5) is 0. The third-order valence-corrected chi connectivity index (χ3v) is 2.90. The molecule has 2 aliphatic carbocycles. The molecule has 1 aliphatic heterocycles. The summed E-state index contributed by atoms with van der Waals surface area (Å²) in [6, 6.07) is 1.27. The molecule has 1 heteroatoms. The lowest BCUT2D eigenvalue weighted by Crippen LogP contribution is -2.35. The maximum Gasteiger partial charge on any atom is 0.0514 e. The highest BCUT2D eigenvalue weighted by Gasteiger charge is 2.36. The van der Waals surface area contributed by atoms with Crippen LogP contribution < -0.4 is 5.32 Å². The van der Waals surface area contributed by atoms with Crippen molar-refractivity contribution < 1.29 is 0 Å². The van der Waals surface area contributed by atoms with E-state index in [1.165, 1.54) is 12.8 Å². The first kappa shape index (κ1) is 5.78. The molecule has 0 aromatic carbocycles. The SMILES string of the molecule is C1=CC2=C3CCC3NC2C=C1. The lowest BCUT2D eigenvalue weighted by molar-refractivity contribution is 0.482. The Kier molecular flexibility index (Phi) is 0.977. The Morgan fingerprint density at radius 3 is 3.18 bits per heavy atom. The quantitative estimate of drug-likeness (QED) is 0.545. The predicted octanol–water partition coefficient (Wildman–Crippen LogP) is 1.54. The van der Waals surface area contributed by atoms with Crippen LogP contribution in [0.3, 0.4) is 0 Å². The van der Waals surface area contributed by atoms with Crippen LogP contribution in [0.2, 0.25) is 0 Å². The van der Waals surface area contributed by atoms with Crippen LogP contribution in [-0.4, -0.2) is 12.1 Å². The van der Waals surface area contributed by atoms with Crippen LogP contribution in [0.25, 0.3) is 0 Å². The van der Waals surface area contributed by atoms with Crippen molar-refractivity contribution in [1.29, 1.82) is 0 Å². The molecule has 0 aromatic heterocycles. The highest BCUT2D eigenvalue weighted by Crippen LogP contribution is 2.38. The van der Waals surface area contributed by atoms with Crippen molar-refractivity contribution in [2.75, 3.05) is 0 Å². The Morgan fingerprint density at radius 2 is 2.36 bits per heavy atom. The molecule has 0 radical (unpaired) electrons. The van der Waals surface area contributed by atoms with Gasteiger partial charge >= 0.3 is 0 Å². The van der Waals surface area contributed by atoms with Gasteiger partial charge in [-0.15, -0.1) is 0 Å². The van der Waals surface area contributed by atoms with Crippen molar-refractivity contribution in [3.8, 4) is 0 Å². The van der Waals surface area contributed by atoms with Crippen LogP contribution >= 0.6 is 0 Å². The highest BCUT2D eigenvalue weighted by atomic mass is 15.0. The number of nitrogens with one attached hydrogen (secondary N) is 1. The molecule has 1 N–H and O–H groups in total. The van der Waals surface area contributed by atoms with Gasteiger partial charge in [0.1, 0.15) is 0 Å². The van der Waals surface area contributed by atoms with Crippen molar-refractivity contribution in [2.24, 2.45) is 0 Å². The van der Waals surface area contributed by atoms with E-state index in [4.69, 9.17) is 0 Å². The van der Waals surface area contributed by atoms with Crippen LogP contribution in [-0.2, 0) is 0 Å². The minimum atomic E-state index is 0.544. The topological polar surface area (TPSA) is 12.0 Å². The van der Waals surface area contributed by atoms with Gasteiger partial charge in [0.25, 0.3) is 0 Å². The molecule has 0 bridgehead atoms. The van der Waals surface area contributed by atoms with E-state index in [0.717, 1.165) is 6.04 Å². The molecule has 56 valence electrons. The van der Waals surface area contributed by atoms with E-state index in [0.29, 0.717) is 6.04 Å². The molecule has 0 spiro atoms. The van der Waals surface area contributed by atoms with E-state index in [9.17, 15) is 0 Å². The van der Waals surface area contributed by atoms with Gasteiger partial charge in [-0.25, -0.2) is 0 Å². The molecule has 2 unspecified atom stereocenters. The third kappa shape index (κ3) is 0.641. The average Bonchev–Trinajstić information content (AvgIpc) is 2.23. The molecular formula is C10H11N. The number of fused-ring (bicyclic) bond motifs is 2. The normalized spacial score (nSPS) is 38.5. The molecule has 0 aromatic rings. The summed E-state index contributed by atoms with van der Waals surface area (Å²) in [6.45, 7) is 0. The van der Waals surface area contributed by atoms with Gasteiger partial charge in [-0.2, -0.15) is 0 Å². The molecule has 1 nitrogen and oxygen atoms in total. The minimum Gasteiger partial charge on any atom is -0.300 e. The Labute approximate surface area is 66.5 Å². The molecule has 0 saturated heterocycles. The van der Waals surface area contributed by atoms with Gasteiger partial charge < -0.3 is 5.32 Å². The van der Waals surface area contributed by atoms with Crippen molar-refractivity contribution in [2.45, 2.75) is 24.9 Å². The molecule has 1 fully saturated rings. The van der Waals surface area contributed by atoms with Crippen molar-refractivity contribution >= 4 is 0 Å². The largest absolute Gasteiger partial charge is 0.300 e. The molecule has 2 atom stereocenters. The predicted molar refractivity (Wildman–Crippen MR) is 45.3 cm³/mol. The molecule has 1 saturated carbocycles. The van der Waals surface area contributed by atoms with Gasteiger partial charge in [-0.05, 0) is 24.0 Å². The summed E-state index contributed by atoms with van der Waals surface area (Å²) < 4.78 is 0. The number of hydrogen-bond acceptors (Lipinski definition) is 1. The molecule has 3 rings (SSSR count). The summed E-state index contributed by atoms with van der Waals surface area (Å²) in [5.74, 6) is 0. The highest BCUT2D eigenvalue weighted by molar-refractivity contribution is 5.48. The van der Waals surface area contributed by atoms with Crippen LogP contribution in [0, 0.1) is 0 Å². The summed E-state index contributed by atoms with van der Waals surface area (Å²) in [7, 11) is 0. The maximum absolute atomic E-state index is 3.58. The fourth-order valence-corrected chi connectivity index (χ4v) is 2.17. The summed E-state index contributed by atoms with van der Waals surface area (Å²) in [5.41, 5.74) is 3.21. The van der Waals surface area contributed by atoms with Gasteiger partial charge in [0.2, 0.25) is 0 Å². The van der Waals surface area contributed by atoms with E-state index in [-0.39, 0.29) is 0 Å². The Bertz CT molecular complexity index is 283. The lowest BCUT2D eigenvalue weighted by atomic mass is 9.84. The summed E-state index contributed by atoms with van der Waals surface area (Å²) in [5, 5.41) is 3.58. The molecule has 1 heterocycles. The van der Waals surface area contributed by atoms with Crippen LogP contribution in [0.1, 0.15) is 12.8 Å². The molecule has 11 heavy (non-hydrogen) atoms. The van der Waals surface area contributed by atoms with Crippen LogP contribution in [0.5, 0.6) is 0 Å². The van der Waals surface area contributed by atoms with Crippen LogP contribution in [0.4, 0.5) is 0 Å². The zero-order valence-corrected chi connectivity index (χ0v) is 6.38. The maximum atomic E-state index is 3.58. The fourth-order valence-electron chi connectivity index (χ4n) is 2.17. The van der Waals surface area contributed by atoms with Crippen molar-refractivity contribution in [3.05, 3.63) is 35.5 Å². The number of hydrogen-bond donors (Lipinski definition) is 1. The fraction of sp³-hybridized carbons (Fsp3) is 0.400. The third-order valence-electron chi connectivity index (χ3n) is 2.90. The molecule has 3 aliphatic rings. The standard InChI is InChI=1S/C10H11N/c1-2-4-9-7(3-1)8-5-6-10(8)11-9/h1-4,9-11H,5-6H2. The van der Waals surface area contributed by atoms with Gasteiger partial charge in [-0.3, -0.25) is 0 Å². The van der Waals surface area contributed by atoms with Crippen LogP contribution in [0.15, 0.2) is 35.5 Å². The van der Waals surface area contributed by atoms with Crippen molar-refractivity contribution in [3.63, 3.8) is 0 Å². The zero-order valence-electron chi connectivity index (χ0n) is 6.38. The average molecular weight is 145 g/mol. The Balaban J connectivity index is 2.08. The lowest BCUT2D eigenvalue weighted by Gasteiger charge is -2.25. The first-order chi connectivity index (χ1) is 5.45. The summed E-state index contributed by atoms with van der Waals surface area (Å²) in [6.07, 6.45) is 11.4. The van der Waals surface area contributed by atoms with Gasteiger partial charge in [0.15, 0.2) is 0 Å². The number of rotatable bonds is 0. The van der Waals surface area contributed by atoms with E-state index in [1.54, 1.807) is 11.1 Å². The van der Waals surface area contributed by atoms with E-state index < -0.39 is 0 Å². The summed E-state index contributed by atoms with van der Waals surface area (Å²) >= 11 is 0. The molecule has 0 amide bonds. The smallest absolute Gasteiger partial charge is 0.0514 e. The number of allylic oxidation sites excluding steroid dienone is 2. The van der Waals surface area contributed by atoms with E-state index in [1.807, 2.05) is 0 Å². The first-order valence-electron chi connectivity index (χ1n) is 4.29. The minimum absolute atomic E-state index is 0.544. The first-order valence-corrected chi connectivity index (χ1v) is 4.29. The van der Waals surface area contributed by atoms with E-state index >= 15 is 0 Å². The Hall–Kier alpha value is -0.820. The van der Waals surface area contributed by atoms with Gasteiger partial charge in [0, 0.05) is 6.04 Å². The zero-order chi connectivity index (χ0) is 7.26. The van der Waals surface area contributed by atoms with E-state index in [2.05, 4.69) is 29.6 Å². The van der Waals surface area contributed by atoms with Gasteiger partial charge in [-0.1, -0.05) is 24.3 Å². The second-order valence-corrected chi connectivity index (χ2v) is 3.46. The monoisotopic (exact) mass is 145 g/mol. The second-order valence-electron chi connectivity index (χ2n) is 3.46. The van der Waals surface area contributed by atoms with Crippen molar-refractivity contribution in [1.82, 2.24) is 5.32 Å². The Morgan fingerprint density at radius 1 is 1.36 bits per heavy atom. The second kappa shape index (κ2) is 1.86.